The van der Waals surface area contributed by atoms with Crippen LogP contribution in [0.25, 0.3) is 10.9 Å². The number of fused-ring (bicyclic) bond motifs is 1. The maximum atomic E-state index is 12.5. The predicted molar refractivity (Wildman–Crippen MR) is 97.9 cm³/mol. The quantitative estimate of drug-likeness (QED) is 0.558. The Morgan fingerprint density at radius 2 is 2.00 bits per heavy atom. The summed E-state index contributed by atoms with van der Waals surface area (Å²) in [6.07, 6.45) is 3.31. The highest BCUT2D eigenvalue weighted by molar-refractivity contribution is 5.99. The van der Waals surface area contributed by atoms with Crippen LogP contribution < -0.4 is 10.6 Å². The van der Waals surface area contributed by atoms with E-state index in [0.717, 1.165) is 19.3 Å². The zero-order valence-electron chi connectivity index (χ0n) is 14.8. The SMILES string of the molecule is CC(CO)C(=O)N[C@@H]1CCC[C@@H](NC(=O)c2cc3c(O)cccc3[nH]2)C1. The van der Waals surface area contributed by atoms with Crippen molar-refractivity contribution in [1.82, 2.24) is 15.6 Å². The molecule has 3 rings (SSSR count). The molecule has 0 radical (unpaired) electrons. The van der Waals surface area contributed by atoms with Gasteiger partial charge in [-0.15, -0.1) is 0 Å². The fourth-order valence-electron chi connectivity index (χ4n) is 3.40. The average molecular weight is 359 g/mol. The second kappa shape index (κ2) is 7.78. The number of amides is 2. The number of aromatic nitrogens is 1. The standard InChI is InChI=1S/C19H25N3O4/c1-11(10-23)18(25)20-12-4-2-5-13(8-12)21-19(26)16-9-14-15(22-16)6-3-7-17(14)24/h3,6-7,9,11-13,22-24H,2,4-5,8,10H2,1H3,(H,20,25)(H,21,26)/t11?,12-,13-/m1/s1. The van der Waals surface area contributed by atoms with Gasteiger partial charge in [-0.25, -0.2) is 0 Å². The number of phenolic OH excluding ortho intramolecular Hbond substituents is 1. The van der Waals surface area contributed by atoms with Gasteiger partial charge in [-0.2, -0.15) is 0 Å². The first-order valence-electron chi connectivity index (χ1n) is 9.00. The minimum Gasteiger partial charge on any atom is -0.507 e. The zero-order chi connectivity index (χ0) is 18.7. The van der Waals surface area contributed by atoms with E-state index in [1.54, 1.807) is 31.2 Å². The number of benzene rings is 1. The molecule has 1 heterocycles. The van der Waals surface area contributed by atoms with Gasteiger partial charge in [0.1, 0.15) is 11.4 Å². The number of carbonyl (C=O) groups is 2. The zero-order valence-corrected chi connectivity index (χ0v) is 14.8. The lowest BCUT2D eigenvalue weighted by Gasteiger charge is -2.30. The first kappa shape index (κ1) is 18.3. The second-order valence-electron chi connectivity index (χ2n) is 7.05. The van der Waals surface area contributed by atoms with E-state index in [2.05, 4.69) is 15.6 Å². The van der Waals surface area contributed by atoms with Crippen LogP contribution >= 0.6 is 0 Å². The summed E-state index contributed by atoms with van der Waals surface area (Å²) < 4.78 is 0. The summed E-state index contributed by atoms with van der Waals surface area (Å²) in [5.41, 5.74) is 1.11. The molecule has 0 saturated heterocycles. The predicted octanol–water partition coefficient (Wildman–Crippen LogP) is 1.66. The van der Waals surface area contributed by atoms with E-state index >= 15 is 0 Å². The molecule has 7 nitrogen and oxygen atoms in total. The van der Waals surface area contributed by atoms with Crippen LogP contribution in [0.15, 0.2) is 24.3 Å². The highest BCUT2D eigenvalue weighted by Crippen LogP contribution is 2.25. The smallest absolute Gasteiger partial charge is 0.267 e. The van der Waals surface area contributed by atoms with Crippen molar-refractivity contribution in [1.29, 1.82) is 0 Å². The number of aromatic amines is 1. The van der Waals surface area contributed by atoms with E-state index in [9.17, 15) is 14.7 Å². The number of aliphatic hydroxyl groups excluding tert-OH is 1. The molecule has 1 aromatic heterocycles. The molecule has 1 aliphatic rings. The first-order valence-corrected chi connectivity index (χ1v) is 9.00. The fourth-order valence-corrected chi connectivity index (χ4v) is 3.40. The van der Waals surface area contributed by atoms with Crippen LogP contribution in [0.1, 0.15) is 43.1 Å². The third-order valence-electron chi connectivity index (χ3n) is 4.96. The highest BCUT2D eigenvalue weighted by Gasteiger charge is 2.26. The Bertz CT molecular complexity index is 801. The number of hydrogen-bond acceptors (Lipinski definition) is 4. The van der Waals surface area contributed by atoms with Gasteiger partial charge >= 0.3 is 0 Å². The number of H-pyrrole nitrogens is 1. The van der Waals surface area contributed by atoms with Crippen LogP contribution in [0.2, 0.25) is 0 Å². The molecule has 2 aromatic rings. The van der Waals surface area contributed by atoms with Crippen LogP contribution in [0, 0.1) is 5.92 Å². The molecule has 0 bridgehead atoms. The third kappa shape index (κ3) is 3.99. The van der Waals surface area contributed by atoms with Gasteiger partial charge in [0.05, 0.1) is 12.5 Å². The lowest BCUT2D eigenvalue weighted by molar-refractivity contribution is -0.126. The summed E-state index contributed by atoms with van der Waals surface area (Å²) in [7, 11) is 0. The number of phenols is 1. The summed E-state index contributed by atoms with van der Waals surface area (Å²) >= 11 is 0. The van der Waals surface area contributed by atoms with Crippen molar-refractivity contribution < 1.29 is 19.8 Å². The Labute approximate surface area is 151 Å². The maximum Gasteiger partial charge on any atom is 0.267 e. The number of aromatic hydroxyl groups is 1. The number of rotatable bonds is 5. The van der Waals surface area contributed by atoms with E-state index < -0.39 is 5.92 Å². The average Bonchev–Trinajstić information content (AvgIpc) is 3.07. The van der Waals surface area contributed by atoms with Crippen molar-refractivity contribution in [3.8, 4) is 5.75 Å². The minimum atomic E-state index is -0.427. The van der Waals surface area contributed by atoms with Crippen LogP contribution in [-0.4, -0.2) is 45.7 Å². The molecule has 140 valence electrons. The van der Waals surface area contributed by atoms with Gasteiger partial charge < -0.3 is 25.8 Å². The largest absolute Gasteiger partial charge is 0.507 e. The van der Waals surface area contributed by atoms with Gasteiger partial charge in [-0.05, 0) is 43.9 Å². The Hall–Kier alpha value is -2.54. The summed E-state index contributed by atoms with van der Waals surface area (Å²) in [4.78, 5) is 27.5. The second-order valence-corrected chi connectivity index (χ2v) is 7.05. The van der Waals surface area contributed by atoms with Crippen molar-refractivity contribution in [2.75, 3.05) is 6.61 Å². The molecule has 7 heteroatoms. The Balaban J connectivity index is 1.61. The minimum absolute atomic E-state index is 0.00214. The fraction of sp³-hybridized carbons (Fsp3) is 0.474. The van der Waals surface area contributed by atoms with Crippen LogP contribution in [0.3, 0.4) is 0 Å². The molecule has 0 aliphatic heterocycles. The van der Waals surface area contributed by atoms with Crippen molar-refractivity contribution >= 4 is 22.7 Å². The number of carbonyl (C=O) groups excluding carboxylic acids is 2. The van der Waals surface area contributed by atoms with Crippen molar-refractivity contribution in [3.05, 3.63) is 30.0 Å². The molecule has 1 aromatic carbocycles. The van der Waals surface area contributed by atoms with Crippen molar-refractivity contribution in [2.45, 2.75) is 44.7 Å². The molecule has 5 N–H and O–H groups in total. The molecule has 1 unspecified atom stereocenters. The summed E-state index contributed by atoms with van der Waals surface area (Å²) in [6.45, 7) is 1.51. The Kier molecular flexibility index (Phi) is 5.46. The maximum absolute atomic E-state index is 12.5. The van der Waals surface area contributed by atoms with Gasteiger partial charge in [0.15, 0.2) is 0 Å². The van der Waals surface area contributed by atoms with E-state index in [-0.39, 0.29) is 36.3 Å². The topological polar surface area (TPSA) is 114 Å². The molecule has 26 heavy (non-hydrogen) atoms. The molecule has 2 amide bonds. The van der Waals surface area contributed by atoms with Gasteiger partial charge in [0.2, 0.25) is 5.91 Å². The summed E-state index contributed by atoms with van der Waals surface area (Å²) in [6, 6.07) is 6.73. The molecule has 1 fully saturated rings. The Morgan fingerprint density at radius 3 is 2.69 bits per heavy atom. The van der Waals surface area contributed by atoms with Crippen molar-refractivity contribution in [3.63, 3.8) is 0 Å². The van der Waals surface area contributed by atoms with Gasteiger partial charge in [-0.3, -0.25) is 9.59 Å². The van der Waals surface area contributed by atoms with Gasteiger partial charge in [0.25, 0.3) is 5.91 Å². The van der Waals surface area contributed by atoms with E-state index in [0.29, 0.717) is 23.0 Å². The molecule has 3 atom stereocenters. The Morgan fingerprint density at radius 1 is 1.27 bits per heavy atom. The lowest BCUT2D eigenvalue weighted by Crippen LogP contribution is -2.47. The van der Waals surface area contributed by atoms with Crippen molar-refractivity contribution in [2.24, 2.45) is 5.92 Å². The van der Waals surface area contributed by atoms with Gasteiger partial charge in [-0.1, -0.05) is 13.0 Å². The third-order valence-corrected chi connectivity index (χ3v) is 4.96. The summed E-state index contributed by atoms with van der Waals surface area (Å²) in [5.74, 6) is -0.669. The molecular formula is C19H25N3O4. The lowest BCUT2D eigenvalue weighted by atomic mass is 9.90. The monoisotopic (exact) mass is 359 g/mol. The van der Waals surface area contributed by atoms with Crippen LogP contribution in [-0.2, 0) is 4.79 Å². The van der Waals surface area contributed by atoms with E-state index in [4.69, 9.17) is 5.11 Å². The van der Waals surface area contributed by atoms with Gasteiger partial charge in [0, 0.05) is 23.0 Å². The summed E-state index contributed by atoms with van der Waals surface area (Å²) in [5, 5.41) is 25.5. The van der Waals surface area contributed by atoms with Crippen LogP contribution in [0.5, 0.6) is 5.75 Å². The number of hydrogen-bond donors (Lipinski definition) is 5. The number of aliphatic hydroxyl groups is 1. The van der Waals surface area contributed by atoms with E-state index in [1.165, 1.54) is 0 Å². The molecule has 1 aliphatic carbocycles. The number of nitrogens with one attached hydrogen (secondary N) is 3. The molecular weight excluding hydrogens is 334 g/mol. The molecule has 1 saturated carbocycles. The highest BCUT2D eigenvalue weighted by atomic mass is 16.3. The van der Waals surface area contributed by atoms with Crippen LogP contribution in [0.4, 0.5) is 0 Å². The van der Waals surface area contributed by atoms with E-state index in [1.807, 2.05) is 0 Å². The normalized spacial score (nSPS) is 21.3. The molecule has 0 spiro atoms. The first-order chi connectivity index (χ1) is 12.5.